The maximum Gasteiger partial charge on any atom is 0.262 e. The van der Waals surface area contributed by atoms with E-state index in [1.165, 1.54) is 0 Å². The summed E-state index contributed by atoms with van der Waals surface area (Å²) in [7, 11) is 0. The normalized spacial score (nSPS) is 19.2. The van der Waals surface area contributed by atoms with Crippen molar-refractivity contribution >= 4 is 40.7 Å². The Labute approximate surface area is 304 Å². The molecule has 53 heavy (non-hydrogen) atoms. The Kier molecular flexibility index (Phi) is 7.83. The summed E-state index contributed by atoms with van der Waals surface area (Å²) in [5, 5.41) is 20.2. The first kappa shape index (κ1) is 32.3. The van der Waals surface area contributed by atoms with Crippen LogP contribution < -0.4 is 15.1 Å². The zero-order valence-corrected chi connectivity index (χ0v) is 28.6. The molecule has 13 heteroatoms. The van der Waals surface area contributed by atoms with E-state index in [1.54, 1.807) is 24.5 Å². The zero-order valence-electron chi connectivity index (χ0n) is 28.6. The number of piperidine rings is 1. The molecule has 4 amide bonds. The van der Waals surface area contributed by atoms with Crippen LogP contribution in [0.15, 0.2) is 96.5 Å². The van der Waals surface area contributed by atoms with Crippen LogP contribution in [0.2, 0.25) is 0 Å². The van der Waals surface area contributed by atoms with E-state index in [9.17, 15) is 24.4 Å². The van der Waals surface area contributed by atoms with Gasteiger partial charge in [0.15, 0.2) is 0 Å². The second-order valence-corrected chi connectivity index (χ2v) is 13.7. The molecule has 3 aliphatic heterocycles. The molecule has 2 fully saturated rings. The fourth-order valence-corrected chi connectivity index (χ4v) is 7.88. The number of hydrogen-bond acceptors (Lipinski definition) is 10. The Morgan fingerprint density at radius 3 is 2.09 bits per heavy atom. The molecule has 0 saturated carbocycles. The highest BCUT2D eigenvalue weighted by atomic mass is 16.4. The van der Waals surface area contributed by atoms with Crippen LogP contribution in [0.5, 0.6) is 0 Å². The molecule has 13 nitrogen and oxygen atoms in total. The van der Waals surface area contributed by atoms with Gasteiger partial charge in [0.05, 0.1) is 22.5 Å². The number of rotatable bonds is 6. The summed E-state index contributed by atoms with van der Waals surface area (Å²) >= 11 is 0. The molecule has 0 spiro atoms. The zero-order chi connectivity index (χ0) is 36.2. The SMILES string of the molecule is O=C1CCC(N2C(=O)c3ccc(N4CCN(c5ccc(-n6cc(-c7ccc8c(c7)CCC8=NO)c(-c7ccncc7)n6)cc5)CC4)cc3C2=O)C(=O)N1. The third-order valence-electron chi connectivity index (χ3n) is 10.7. The van der Waals surface area contributed by atoms with Crippen molar-refractivity contribution in [1.29, 1.82) is 0 Å². The number of hydrogen-bond donors (Lipinski definition) is 2. The van der Waals surface area contributed by atoms with Crippen molar-refractivity contribution in [2.45, 2.75) is 31.7 Å². The number of aryl methyl sites for hydroxylation is 1. The van der Waals surface area contributed by atoms with Gasteiger partial charge in [-0.15, -0.1) is 0 Å². The predicted molar refractivity (Wildman–Crippen MR) is 196 cm³/mol. The van der Waals surface area contributed by atoms with Crippen molar-refractivity contribution in [3.63, 3.8) is 0 Å². The first-order valence-electron chi connectivity index (χ1n) is 17.7. The Balaban J connectivity index is 0.905. The summed E-state index contributed by atoms with van der Waals surface area (Å²) < 4.78 is 1.90. The number of fused-ring (bicyclic) bond motifs is 2. The first-order valence-corrected chi connectivity index (χ1v) is 17.7. The Morgan fingerprint density at radius 1 is 0.679 bits per heavy atom. The van der Waals surface area contributed by atoms with Gasteiger partial charge >= 0.3 is 0 Å². The molecule has 3 aromatic carbocycles. The lowest BCUT2D eigenvalue weighted by atomic mass is 9.98. The summed E-state index contributed by atoms with van der Waals surface area (Å²) in [6, 6.07) is 22.8. The molecule has 2 aromatic heterocycles. The topological polar surface area (TPSA) is 153 Å². The molecule has 1 atom stereocenters. The van der Waals surface area contributed by atoms with Gasteiger partial charge in [-0.25, -0.2) is 4.68 Å². The fraction of sp³-hybridized carbons (Fsp3) is 0.225. The number of amides is 4. The van der Waals surface area contributed by atoms with E-state index in [2.05, 4.69) is 67.9 Å². The van der Waals surface area contributed by atoms with Crippen molar-refractivity contribution in [1.82, 2.24) is 25.0 Å². The summed E-state index contributed by atoms with van der Waals surface area (Å²) in [6.07, 6.45) is 7.34. The maximum atomic E-state index is 13.4. The van der Waals surface area contributed by atoms with Gasteiger partial charge in [-0.05, 0) is 85.0 Å². The van der Waals surface area contributed by atoms with E-state index in [1.807, 2.05) is 28.9 Å². The Bertz CT molecular complexity index is 2340. The smallest absolute Gasteiger partial charge is 0.262 e. The molecular weight excluding hydrogens is 672 g/mol. The number of carbonyl (C=O) groups excluding carboxylic acids is 4. The number of nitrogens with zero attached hydrogens (tertiary/aromatic N) is 7. The number of imide groups is 2. The van der Waals surface area contributed by atoms with Crippen molar-refractivity contribution in [3.8, 4) is 28.1 Å². The minimum atomic E-state index is -0.987. The molecule has 4 aliphatic rings. The van der Waals surface area contributed by atoms with E-state index < -0.39 is 29.7 Å². The number of nitrogens with one attached hydrogen (secondary N) is 1. The first-order chi connectivity index (χ1) is 25.9. The van der Waals surface area contributed by atoms with E-state index >= 15 is 0 Å². The second-order valence-electron chi connectivity index (χ2n) is 13.7. The summed E-state index contributed by atoms with van der Waals surface area (Å²) in [5.74, 6) is -2.02. The van der Waals surface area contributed by atoms with Crippen molar-refractivity contribution in [3.05, 3.63) is 114 Å². The number of aromatic nitrogens is 3. The fourth-order valence-electron chi connectivity index (χ4n) is 7.88. The minimum absolute atomic E-state index is 0.0830. The number of carbonyl (C=O) groups is 4. The number of benzene rings is 3. The van der Waals surface area contributed by atoms with E-state index in [-0.39, 0.29) is 24.0 Å². The van der Waals surface area contributed by atoms with Crippen LogP contribution in [-0.4, -0.2) is 86.4 Å². The van der Waals surface area contributed by atoms with E-state index in [0.29, 0.717) is 13.1 Å². The van der Waals surface area contributed by atoms with Gasteiger partial charge in [0.1, 0.15) is 11.7 Å². The third-order valence-corrected chi connectivity index (χ3v) is 10.7. The van der Waals surface area contributed by atoms with Crippen molar-refractivity contribution in [2.24, 2.45) is 5.16 Å². The molecule has 1 aliphatic carbocycles. The summed E-state index contributed by atoms with van der Waals surface area (Å²) in [5.41, 5.74) is 10.1. The van der Waals surface area contributed by atoms with Gasteiger partial charge in [0.2, 0.25) is 11.8 Å². The van der Waals surface area contributed by atoms with Crippen LogP contribution in [0.4, 0.5) is 11.4 Å². The van der Waals surface area contributed by atoms with Crippen molar-refractivity contribution < 1.29 is 24.4 Å². The van der Waals surface area contributed by atoms with Gasteiger partial charge in [0.25, 0.3) is 11.8 Å². The lowest BCUT2D eigenvalue weighted by Crippen LogP contribution is -2.54. The van der Waals surface area contributed by atoms with Crippen molar-refractivity contribution in [2.75, 3.05) is 36.0 Å². The van der Waals surface area contributed by atoms with Crippen LogP contribution in [0.1, 0.15) is 51.1 Å². The summed E-state index contributed by atoms with van der Waals surface area (Å²) in [6.45, 7) is 2.93. The average Bonchev–Trinajstić information content (AvgIpc) is 3.89. The minimum Gasteiger partial charge on any atom is -0.411 e. The molecule has 264 valence electrons. The number of pyridine rings is 1. The standard InChI is InChI=1S/C40H34N8O5/c49-36-12-11-35(38(50)42-36)48-39(51)31-9-7-29(22-32(31)40(48)52)46-19-17-45(18-20-46)27-3-5-28(6-4-27)47-23-33(37(43-47)24-13-15-41-16-14-24)26-1-8-30-25(21-26)2-10-34(30)44-53/h1,3-9,13-16,21-23,35,53H,2,10-12,17-20H2,(H,42,49,50). The monoisotopic (exact) mass is 706 g/mol. The van der Waals surface area contributed by atoms with Gasteiger partial charge in [-0.2, -0.15) is 5.10 Å². The average molecular weight is 707 g/mol. The largest absolute Gasteiger partial charge is 0.411 e. The Morgan fingerprint density at radius 2 is 1.36 bits per heavy atom. The lowest BCUT2D eigenvalue weighted by Gasteiger charge is -2.37. The number of anilines is 2. The van der Waals surface area contributed by atoms with Gasteiger partial charge in [-0.1, -0.05) is 23.4 Å². The van der Waals surface area contributed by atoms with Crippen LogP contribution in [0.3, 0.4) is 0 Å². The number of oxime groups is 1. The van der Waals surface area contributed by atoms with Crippen LogP contribution in [-0.2, 0) is 16.0 Å². The second kappa shape index (κ2) is 12.9. The van der Waals surface area contributed by atoms with Crippen LogP contribution in [0, 0.1) is 0 Å². The van der Waals surface area contributed by atoms with Gasteiger partial charge < -0.3 is 15.0 Å². The molecular formula is C40H34N8O5. The molecule has 0 radical (unpaired) electrons. The van der Waals surface area contributed by atoms with Gasteiger partial charge in [-0.3, -0.25) is 34.4 Å². The van der Waals surface area contributed by atoms with E-state index in [4.69, 9.17) is 5.10 Å². The molecule has 5 aromatic rings. The van der Waals surface area contributed by atoms with Crippen LogP contribution in [0.25, 0.3) is 28.1 Å². The highest BCUT2D eigenvalue weighted by Crippen LogP contribution is 2.36. The highest BCUT2D eigenvalue weighted by molar-refractivity contribution is 6.23. The molecule has 5 heterocycles. The molecule has 1 unspecified atom stereocenters. The van der Waals surface area contributed by atoms with Gasteiger partial charge in [0, 0.05) is 79.3 Å². The molecule has 2 N–H and O–H groups in total. The Hall–Kier alpha value is -6.63. The molecule has 0 bridgehead atoms. The lowest BCUT2D eigenvalue weighted by molar-refractivity contribution is -0.136. The molecule has 2 saturated heterocycles. The summed E-state index contributed by atoms with van der Waals surface area (Å²) in [4.78, 5) is 60.3. The maximum absolute atomic E-state index is 13.4. The van der Waals surface area contributed by atoms with Crippen LogP contribution >= 0.6 is 0 Å². The van der Waals surface area contributed by atoms with E-state index in [0.717, 1.165) is 87.1 Å². The third kappa shape index (κ3) is 5.61. The molecule has 9 rings (SSSR count). The highest BCUT2D eigenvalue weighted by Gasteiger charge is 2.44. The number of piperazine rings is 1. The quantitative estimate of drug-likeness (QED) is 0.148. The predicted octanol–water partition coefficient (Wildman–Crippen LogP) is 4.45.